The molecule has 0 saturated carbocycles. The van der Waals surface area contributed by atoms with Gasteiger partial charge in [-0.05, 0) is 13.0 Å². The number of nitrogens with zero attached hydrogens (tertiary/aromatic N) is 2. The van der Waals surface area contributed by atoms with Gasteiger partial charge in [0.2, 0.25) is 0 Å². The smallest absolute Gasteiger partial charge is 0.158 e. The van der Waals surface area contributed by atoms with Crippen molar-refractivity contribution in [3.05, 3.63) is 24.3 Å². The second-order valence-electron chi connectivity index (χ2n) is 2.41. The van der Waals surface area contributed by atoms with Crippen LogP contribution in [0, 0.1) is 0 Å². The van der Waals surface area contributed by atoms with Crippen molar-refractivity contribution in [1.29, 1.82) is 0 Å². The lowest BCUT2D eigenvalue weighted by atomic mass is 10.2. The zero-order valence-electron chi connectivity index (χ0n) is 6.31. The van der Waals surface area contributed by atoms with Gasteiger partial charge in [-0.15, -0.1) is 0 Å². The molecule has 11 heavy (non-hydrogen) atoms. The van der Waals surface area contributed by atoms with Gasteiger partial charge in [-0.1, -0.05) is 0 Å². The molecule has 0 aliphatic heterocycles. The molecular formula is C7H11N3O. The van der Waals surface area contributed by atoms with E-state index in [1.807, 2.05) is 0 Å². The Bertz CT molecular complexity index is 212. The third-order valence-electron chi connectivity index (χ3n) is 1.35. The lowest BCUT2D eigenvalue weighted by Gasteiger charge is -2.11. The summed E-state index contributed by atoms with van der Waals surface area (Å²) in [5, 5.41) is 9.35. The maximum Gasteiger partial charge on any atom is 0.158 e. The molecular weight excluding hydrogens is 142 g/mol. The highest BCUT2D eigenvalue weighted by molar-refractivity contribution is 4.94. The number of rotatable bonds is 2. The van der Waals surface area contributed by atoms with E-state index in [-0.39, 0.29) is 6.04 Å². The summed E-state index contributed by atoms with van der Waals surface area (Å²) in [6.45, 7) is 1.71. The maximum atomic E-state index is 9.35. The van der Waals surface area contributed by atoms with Gasteiger partial charge in [0.05, 0.1) is 0 Å². The van der Waals surface area contributed by atoms with Gasteiger partial charge in [0, 0.05) is 18.4 Å². The second-order valence-corrected chi connectivity index (χ2v) is 2.41. The van der Waals surface area contributed by atoms with Gasteiger partial charge in [-0.25, -0.2) is 9.97 Å². The molecule has 1 aromatic heterocycles. The Hall–Kier alpha value is -1.00. The van der Waals surface area contributed by atoms with E-state index in [4.69, 9.17) is 5.73 Å². The third kappa shape index (κ3) is 1.96. The van der Waals surface area contributed by atoms with Crippen molar-refractivity contribution in [3.8, 4) is 0 Å². The highest BCUT2D eigenvalue weighted by atomic mass is 16.3. The van der Waals surface area contributed by atoms with Gasteiger partial charge in [0.1, 0.15) is 6.10 Å². The van der Waals surface area contributed by atoms with Crippen molar-refractivity contribution < 1.29 is 5.11 Å². The topological polar surface area (TPSA) is 72.0 Å². The van der Waals surface area contributed by atoms with Crippen molar-refractivity contribution in [2.24, 2.45) is 5.73 Å². The van der Waals surface area contributed by atoms with Gasteiger partial charge >= 0.3 is 0 Å². The molecule has 2 atom stereocenters. The van der Waals surface area contributed by atoms with Crippen molar-refractivity contribution in [2.45, 2.75) is 19.1 Å². The Labute approximate surface area is 65.1 Å². The Morgan fingerprint density at radius 2 is 2.00 bits per heavy atom. The molecule has 0 aromatic carbocycles. The summed E-state index contributed by atoms with van der Waals surface area (Å²) < 4.78 is 0. The van der Waals surface area contributed by atoms with E-state index < -0.39 is 6.10 Å². The summed E-state index contributed by atoms with van der Waals surface area (Å²) in [6.07, 6.45) is 2.39. The van der Waals surface area contributed by atoms with Gasteiger partial charge in [-0.2, -0.15) is 0 Å². The Morgan fingerprint density at radius 3 is 2.45 bits per heavy atom. The van der Waals surface area contributed by atoms with E-state index in [0.717, 1.165) is 0 Å². The van der Waals surface area contributed by atoms with Crippen LogP contribution in [0.5, 0.6) is 0 Å². The summed E-state index contributed by atoms with van der Waals surface area (Å²) in [5.41, 5.74) is 5.44. The monoisotopic (exact) mass is 153 g/mol. The van der Waals surface area contributed by atoms with Crippen LogP contribution in [0.2, 0.25) is 0 Å². The van der Waals surface area contributed by atoms with Crippen LogP contribution in [0.3, 0.4) is 0 Å². The first-order valence-corrected chi connectivity index (χ1v) is 3.42. The largest absolute Gasteiger partial charge is 0.383 e. The van der Waals surface area contributed by atoms with Crippen LogP contribution in [0.15, 0.2) is 18.5 Å². The SMILES string of the molecule is C[C@@H](N)[C@H](O)c1ncccn1. The molecule has 1 heterocycles. The van der Waals surface area contributed by atoms with Gasteiger partial charge < -0.3 is 10.8 Å². The third-order valence-corrected chi connectivity index (χ3v) is 1.35. The van der Waals surface area contributed by atoms with E-state index in [1.54, 1.807) is 25.4 Å². The lowest BCUT2D eigenvalue weighted by Crippen LogP contribution is -2.25. The number of hydrogen-bond acceptors (Lipinski definition) is 4. The Balaban J connectivity index is 2.77. The molecule has 0 amide bonds. The predicted octanol–water partition coefficient (Wildman–Crippen LogP) is -0.143. The predicted molar refractivity (Wildman–Crippen MR) is 40.6 cm³/mol. The number of nitrogens with two attached hydrogens (primary N) is 1. The number of hydrogen-bond donors (Lipinski definition) is 2. The fourth-order valence-electron chi connectivity index (χ4n) is 0.698. The summed E-state index contributed by atoms with van der Waals surface area (Å²) in [6, 6.07) is 1.36. The molecule has 0 aliphatic carbocycles. The van der Waals surface area contributed by atoms with Gasteiger partial charge in [0.25, 0.3) is 0 Å². The molecule has 0 saturated heterocycles. The average Bonchev–Trinajstić information content (AvgIpc) is 2.05. The molecule has 0 bridgehead atoms. The van der Waals surface area contributed by atoms with Crippen LogP contribution in [0.1, 0.15) is 18.9 Å². The van der Waals surface area contributed by atoms with Crippen molar-refractivity contribution in [2.75, 3.05) is 0 Å². The molecule has 1 rings (SSSR count). The summed E-state index contributed by atoms with van der Waals surface area (Å²) in [4.78, 5) is 7.72. The number of aliphatic hydroxyl groups excluding tert-OH is 1. The van der Waals surface area contributed by atoms with E-state index in [2.05, 4.69) is 9.97 Å². The average molecular weight is 153 g/mol. The fraction of sp³-hybridized carbons (Fsp3) is 0.429. The lowest BCUT2D eigenvalue weighted by molar-refractivity contribution is 0.143. The molecule has 1 aromatic rings. The first-order valence-electron chi connectivity index (χ1n) is 3.42. The number of aliphatic hydroxyl groups is 1. The van der Waals surface area contributed by atoms with Gasteiger partial charge in [-0.3, -0.25) is 0 Å². The van der Waals surface area contributed by atoms with Crippen molar-refractivity contribution >= 4 is 0 Å². The van der Waals surface area contributed by atoms with E-state index in [9.17, 15) is 5.11 Å². The minimum atomic E-state index is -0.767. The minimum Gasteiger partial charge on any atom is -0.383 e. The molecule has 0 aliphatic rings. The van der Waals surface area contributed by atoms with Crippen LogP contribution in [-0.4, -0.2) is 21.1 Å². The van der Waals surface area contributed by atoms with E-state index in [1.165, 1.54) is 0 Å². The molecule has 3 N–H and O–H groups in total. The van der Waals surface area contributed by atoms with Crippen LogP contribution >= 0.6 is 0 Å². The van der Waals surface area contributed by atoms with Crippen LogP contribution in [0.4, 0.5) is 0 Å². The zero-order chi connectivity index (χ0) is 8.27. The van der Waals surface area contributed by atoms with Gasteiger partial charge in [0.15, 0.2) is 5.82 Å². The van der Waals surface area contributed by atoms with Crippen molar-refractivity contribution in [3.63, 3.8) is 0 Å². The maximum absolute atomic E-state index is 9.35. The quantitative estimate of drug-likeness (QED) is 0.620. The van der Waals surface area contributed by atoms with Crippen LogP contribution in [0.25, 0.3) is 0 Å². The Morgan fingerprint density at radius 1 is 1.45 bits per heavy atom. The van der Waals surface area contributed by atoms with Crippen LogP contribution < -0.4 is 5.73 Å². The minimum absolute atomic E-state index is 0.336. The molecule has 0 spiro atoms. The first kappa shape index (κ1) is 8.10. The van der Waals surface area contributed by atoms with E-state index >= 15 is 0 Å². The molecule has 0 unspecified atom stereocenters. The summed E-state index contributed by atoms with van der Waals surface area (Å²) >= 11 is 0. The summed E-state index contributed by atoms with van der Waals surface area (Å²) in [7, 11) is 0. The second kappa shape index (κ2) is 3.41. The normalized spacial score (nSPS) is 15.9. The fourth-order valence-corrected chi connectivity index (χ4v) is 0.698. The molecule has 4 heteroatoms. The highest BCUT2D eigenvalue weighted by Gasteiger charge is 2.13. The standard InChI is InChI=1S/C7H11N3O/c1-5(8)6(11)7-9-3-2-4-10-7/h2-6,11H,8H2,1H3/t5-,6+/m1/s1. The first-order chi connectivity index (χ1) is 5.22. The highest BCUT2D eigenvalue weighted by Crippen LogP contribution is 2.07. The summed E-state index contributed by atoms with van der Waals surface area (Å²) in [5.74, 6) is 0.377. The molecule has 0 radical (unpaired) electrons. The van der Waals surface area contributed by atoms with Crippen LogP contribution in [-0.2, 0) is 0 Å². The molecule has 0 fully saturated rings. The zero-order valence-corrected chi connectivity index (χ0v) is 6.31. The van der Waals surface area contributed by atoms with E-state index in [0.29, 0.717) is 5.82 Å². The number of aromatic nitrogens is 2. The molecule has 4 nitrogen and oxygen atoms in total. The van der Waals surface area contributed by atoms with Crippen molar-refractivity contribution in [1.82, 2.24) is 9.97 Å². The Kier molecular flexibility index (Phi) is 2.51. The molecule has 60 valence electrons.